The van der Waals surface area contributed by atoms with E-state index < -0.39 is 4.92 Å². The van der Waals surface area contributed by atoms with Crippen LogP contribution in [0.15, 0.2) is 47.4 Å². The summed E-state index contributed by atoms with van der Waals surface area (Å²) in [6.45, 7) is 0.443. The van der Waals surface area contributed by atoms with Crippen LogP contribution in [0.4, 0.5) is 11.4 Å². The molecule has 0 saturated heterocycles. The lowest BCUT2D eigenvalue weighted by atomic mass is 10.2. The van der Waals surface area contributed by atoms with E-state index in [4.69, 9.17) is 11.6 Å². The van der Waals surface area contributed by atoms with Gasteiger partial charge >= 0.3 is 0 Å². The third kappa shape index (κ3) is 3.43. The third-order valence-corrected chi connectivity index (χ3v) is 3.98. The van der Waals surface area contributed by atoms with Gasteiger partial charge in [-0.1, -0.05) is 23.7 Å². The Morgan fingerprint density at radius 1 is 1.30 bits per heavy atom. The van der Waals surface area contributed by atoms with E-state index in [0.717, 1.165) is 10.6 Å². The minimum atomic E-state index is -0.421. The van der Waals surface area contributed by atoms with E-state index in [2.05, 4.69) is 5.32 Å². The zero-order chi connectivity index (χ0) is 14.5. The van der Waals surface area contributed by atoms with Crippen molar-refractivity contribution >= 4 is 34.7 Å². The lowest BCUT2D eigenvalue weighted by molar-refractivity contribution is -0.384. The molecular formula is C14H13ClN2O2S. The van der Waals surface area contributed by atoms with Gasteiger partial charge in [-0.25, -0.2) is 0 Å². The Kier molecular flexibility index (Phi) is 4.87. The SMILES string of the molecule is CSc1ccccc1NCc1cc([N+](=O)[O-])ccc1Cl. The second-order valence-electron chi connectivity index (χ2n) is 4.09. The van der Waals surface area contributed by atoms with Gasteiger partial charge in [0, 0.05) is 34.3 Å². The second kappa shape index (κ2) is 6.63. The van der Waals surface area contributed by atoms with Gasteiger partial charge in [0.05, 0.1) is 4.92 Å². The van der Waals surface area contributed by atoms with Gasteiger partial charge in [0.1, 0.15) is 0 Å². The summed E-state index contributed by atoms with van der Waals surface area (Å²) in [6.07, 6.45) is 2.00. The zero-order valence-corrected chi connectivity index (χ0v) is 12.4. The molecule has 6 heteroatoms. The molecule has 0 radical (unpaired) electrons. The normalized spacial score (nSPS) is 10.3. The fourth-order valence-corrected chi connectivity index (χ4v) is 2.55. The molecule has 0 saturated carbocycles. The van der Waals surface area contributed by atoms with E-state index in [1.807, 2.05) is 30.5 Å². The molecular weight excluding hydrogens is 296 g/mol. The van der Waals surface area contributed by atoms with Crippen LogP contribution >= 0.6 is 23.4 Å². The predicted octanol–water partition coefficient (Wildman–Crippen LogP) is 4.58. The summed E-state index contributed by atoms with van der Waals surface area (Å²) < 4.78 is 0. The first-order valence-corrected chi connectivity index (χ1v) is 7.52. The molecule has 0 amide bonds. The number of nitrogens with zero attached hydrogens (tertiary/aromatic N) is 1. The molecule has 2 aromatic rings. The second-order valence-corrected chi connectivity index (χ2v) is 5.34. The lowest BCUT2D eigenvalue weighted by Gasteiger charge is -2.11. The minimum Gasteiger partial charge on any atom is -0.380 e. The van der Waals surface area contributed by atoms with Gasteiger partial charge in [-0.15, -0.1) is 11.8 Å². The number of para-hydroxylation sites is 1. The van der Waals surface area contributed by atoms with Crippen molar-refractivity contribution < 1.29 is 4.92 Å². The summed E-state index contributed by atoms with van der Waals surface area (Å²) in [6, 6.07) is 12.4. The van der Waals surface area contributed by atoms with Crippen molar-refractivity contribution in [2.45, 2.75) is 11.4 Å². The minimum absolute atomic E-state index is 0.0457. The van der Waals surface area contributed by atoms with Crippen molar-refractivity contribution in [2.75, 3.05) is 11.6 Å². The molecule has 0 heterocycles. The van der Waals surface area contributed by atoms with Crippen molar-refractivity contribution in [3.63, 3.8) is 0 Å². The summed E-state index contributed by atoms with van der Waals surface area (Å²) in [5.74, 6) is 0. The summed E-state index contributed by atoms with van der Waals surface area (Å²) >= 11 is 7.71. The largest absolute Gasteiger partial charge is 0.380 e. The highest BCUT2D eigenvalue weighted by Crippen LogP contribution is 2.27. The Labute approximate surface area is 126 Å². The monoisotopic (exact) mass is 308 g/mol. The quantitative estimate of drug-likeness (QED) is 0.499. The zero-order valence-electron chi connectivity index (χ0n) is 10.8. The fraction of sp³-hybridized carbons (Fsp3) is 0.143. The van der Waals surface area contributed by atoms with Crippen molar-refractivity contribution in [3.05, 3.63) is 63.2 Å². The number of hydrogen-bond acceptors (Lipinski definition) is 4. The smallest absolute Gasteiger partial charge is 0.269 e. The highest BCUT2D eigenvalue weighted by molar-refractivity contribution is 7.98. The van der Waals surface area contributed by atoms with Gasteiger partial charge in [-0.2, -0.15) is 0 Å². The number of non-ortho nitro benzene ring substituents is 1. The van der Waals surface area contributed by atoms with Crippen LogP contribution in [0.3, 0.4) is 0 Å². The number of nitro benzene ring substituents is 1. The summed E-state index contributed by atoms with van der Waals surface area (Å²) in [5.41, 5.74) is 1.74. The van der Waals surface area contributed by atoms with Crippen molar-refractivity contribution in [3.8, 4) is 0 Å². The maximum absolute atomic E-state index is 10.8. The number of halogens is 1. The lowest BCUT2D eigenvalue weighted by Crippen LogP contribution is -2.02. The van der Waals surface area contributed by atoms with Gasteiger partial charge < -0.3 is 5.32 Å². The van der Waals surface area contributed by atoms with Gasteiger partial charge in [-0.05, 0) is 30.0 Å². The van der Waals surface area contributed by atoms with Crippen LogP contribution in [0.1, 0.15) is 5.56 Å². The molecule has 0 bridgehead atoms. The molecule has 0 aliphatic rings. The molecule has 4 nitrogen and oxygen atoms in total. The Hall–Kier alpha value is -1.72. The number of nitro groups is 1. The number of thioether (sulfide) groups is 1. The van der Waals surface area contributed by atoms with E-state index in [1.54, 1.807) is 17.8 Å². The average molecular weight is 309 g/mol. The van der Waals surface area contributed by atoms with Gasteiger partial charge in [0.2, 0.25) is 0 Å². The molecule has 0 atom stereocenters. The molecule has 0 fully saturated rings. The molecule has 104 valence electrons. The van der Waals surface area contributed by atoms with Gasteiger partial charge in [-0.3, -0.25) is 10.1 Å². The van der Waals surface area contributed by atoms with Crippen LogP contribution in [-0.2, 0) is 6.54 Å². The van der Waals surface area contributed by atoms with Crippen LogP contribution in [0.2, 0.25) is 5.02 Å². The van der Waals surface area contributed by atoms with E-state index in [9.17, 15) is 10.1 Å². The van der Waals surface area contributed by atoms with Crippen LogP contribution < -0.4 is 5.32 Å². The first-order chi connectivity index (χ1) is 9.61. The van der Waals surface area contributed by atoms with Crippen molar-refractivity contribution in [1.82, 2.24) is 0 Å². The number of anilines is 1. The molecule has 1 N–H and O–H groups in total. The standard InChI is InChI=1S/C14H13ClN2O2S/c1-20-14-5-3-2-4-13(14)16-9-10-8-11(17(18)19)6-7-12(10)15/h2-8,16H,9H2,1H3. The fourth-order valence-electron chi connectivity index (χ4n) is 1.79. The summed E-state index contributed by atoms with van der Waals surface area (Å²) in [4.78, 5) is 11.5. The molecule has 0 aromatic heterocycles. The molecule has 0 unspecified atom stereocenters. The maximum atomic E-state index is 10.8. The van der Waals surface area contributed by atoms with Crippen LogP contribution in [0.5, 0.6) is 0 Å². The first kappa shape index (κ1) is 14.7. The highest BCUT2D eigenvalue weighted by Gasteiger charge is 2.10. The van der Waals surface area contributed by atoms with Crippen LogP contribution in [-0.4, -0.2) is 11.2 Å². The maximum Gasteiger partial charge on any atom is 0.269 e. The third-order valence-electron chi connectivity index (χ3n) is 2.82. The molecule has 2 rings (SSSR count). The van der Waals surface area contributed by atoms with Crippen molar-refractivity contribution in [2.24, 2.45) is 0 Å². The predicted molar refractivity (Wildman–Crippen MR) is 83.7 cm³/mol. The Bertz CT molecular complexity index is 634. The van der Waals surface area contributed by atoms with Gasteiger partial charge in [0.15, 0.2) is 0 Å². The molecule has 2 aromatic carbocycles. The average Bonchev–Trinajstić information content (AvgIpc) is 2.46. The number of rotatable bonds is 5. The van der Waals surface area contributed by atoms with E-state index >= 15 is 0 Å². The Balaban J connectivity index is 2.18. The summed E-state index contributed by atoms with van der Waals surface area (Å²) in [5, 5.41) is 14.6. The Morgan fingerprint density at radius 3 is 2.75 bits per heavy atom. The number of nitrogens with one attached hydrogen (secondary N) is 1. The van der Waals surface area contributed by atoms with Gasteiger partial charge in [0.25, 0.3) is 5.69 Å². The molecule has 0 aliphatic carbocycles. The topological polar surface area (TPSA) is 55.2 Å². The van der Waals surface area contributed by atoms with E-state index in [1.165, 1.54) is 12.1 Å². The van der Waals surface area contributed by atoms with E-state index in [0.29, 0.717) is 17.1 Å². The molecule has 0 spiro atoms. The molecule has 20 heavy (non-hydrogen) atoms. The van der Waals surface area contributed by atoms with Crippen LogP contribution in [0, 0.1) is 10.1 Å². The number of benzene rings is 2. The van der Waals surface area contributed by atoms with Crippen molar-refractivity contribution in [1.29, 1.82) is 0 Å². The first-order valence-electron chi connectivity index (χ1n) is 5.91. The number of hydrogen-bond donors (Lipinski definition) is 1. The van der Waals surface area contributed by atoms with E-state index in [-0.39, 0.29) is 5.69 Å². The highest BCUT2D eigenvalue weighted by atomic mass is 35.5. The summed E-state index contributed by atoms with van der Waals surface area (Å²) in [7, 11) is 0. The molecule has 0 aliphatic heterocycles. The van der Waals surface area contributed by atoms with Crippen LogP contribution in [0.25, 0.3) is 0 Å². The Morgan fingerprint density at radius 2 is 2.05 bits per heavy atom.